The highest BCUT2D eigenvalue weighted by atomic mass is 16.6. The summed E-state index contributed by atoms with van der Waals surface area (Å²) in [5.74, 6) is 0. The number of hydrogen-bond acceptors (Lipinski definition) is 4. The van der Waals surface area contributed by atoms with Crippen molar-refractivity contribution in [2.75, 3.05) is 20.3 Å². The summed E-state index contributed by atoms with van der Waals surface area (Å²) < 4.78 is 10.7. The van der Waals surface area contributed by atoms with Crippen molar-refractivity contribution in [3.05, 3.63) is 0 Å². The standard InChI is InChI=1S/C18H34N2O3/c1-18(2,3)23-17(21)20-15-8-9-16(20)13-14(12-15)19-10-6-5-7-11-22-4/h14-16,19H,5-13H2,1-4H3. The molecule has 2 saturated heterocycles. The lowest BCUT2D eigenvalue weighted by Crippen LogP contribution is -2.52. The van der Waals surface area contributed by atoms with Gasteiger partial charge in [-0.2, -0.15) is 0 Å². The van der Waals surface area contributed by atoms with Crippen LogP contribution in [0.4, 0.5) is 4.79 Å². The second kappa shape index (κ2) is 8.34. The molecule has 0 aliphatic carbocycles. The molecule has 0 radical (unpaired) electrons. The number of carbonyl (C=O) groups excluding carboxylic acids is 1. The molecule has 2 atom stereocenters. The molecule has 0 aromatic rings. The Morgan fingerprint density at radius 1 is 1.13 bits per heavy atom. The number of amides is 1. The van der Waals surface area contributed by atoms with E-state index in [1.165, 1.54) is 12.8 Å². The van der Waals surface area contributed by atoms with Gasteiger partial charge in [0.05, 0.1) is 0 Å². The summed E-state index contributed by atoms with van der Waals surface area (Å²) in [4.78, 5) is 14.4. The minimum atomic E-state index is -0.409. The quantitative estimate of drug-likeness (QED) is 0.729. The van der Waals surface area contributed by atoms with Gasteiger partial charge in [-0.3, -0.25) is 0 Å². The van der Waals surface area contributed by atoms with Gasteiger partial charge in [0.25, 0.3) is 0 Å². The summed E-state index contributed by atoms with van der Waals surface area (Å²) in [6, 6.07) is 1.26. The van der Waals surface area contributed by atoms with E-state index in [1.54, 1.807) is 7.11 Å². The van der Waals surface area contributed by atoms with Gasteiger partial charge in [-0.15, -0.1) is 0 Å². The third-order valence-electron chi connectivity index (χ3n) is 4.80. The van der Waals surface area contributed by atoms with Crippen LogP contribution in [-0.2, 0) is 9.47 Å². The molecule has 5 heteroatoms. The van der Waals surface area contributed by atoms with Gasteiger partial charge in [0.1, 0.15) is 5.60 Å². The highest BCUT2D eigenvalue weighted by Crippen LogP contribution is 2.36. The van der Waals surface area contributed by atoms with Gasteiger partial charge >= 0.3 is 6.09 Å². The minimum absolute atomic E-state index is 0.122. The molecule has 134 valence electrons. The van der Waals surface area contributed by atoms with E-state index in [0.717, 1.165) is 45.3 Å². The summed E-state index contributed by atoms with van der Waals surface area (Å²) in [6.07, 6.45) is 7.80. The summed E-state index contributed by atoms with van der Waals surface area (Å²) in [5.41, 5.74) is -0.409. The number of rotatable bonds is 7. The minimum Gasteiger partial charge on any atom is -0.444 e. The Morgan fingerprint density at radius 2 is 1.78 bits per heavy atom. The van der Waals surface area contributed by atoms with E-state index in [4.69, 9.17) is 9.47 Å². The van der Waals surface area contributed by atoms with E-state index in [2.05, 4.69) is 5.32 Å². The van der Waals surface area contributed by atoms with E-state index >= 15 is 0 Å². The lowest BCUT2D eigenvalue weighted by molar-refractivity contribution is 0.00474. The largest absolute Gasteiger partial charge is 0.444 e. The topological polar surface area (TPSA) is 50.8 Å². The van der Waals surface area contributed by atoms with E-state index in [0.29, 0.717) is 18.1 Å². The Kier molecular flexibility index (Phi) is 6.72. The lowest BCUT2D eigenvalue weighted by atomic mass is 9.97. The van der Waals surface area contributed by atoms with Crippen LogP contribution in [0.2, 0.25) is 0 Å². The zero-order valence-electron chi connectivity index (χ0n) is 15.3. The van der Waals surface area contributed by atoms with Gasteiger partial charge < -0.3 is 19.7 Å². The highest BCUT2D eigenvalue weighted by Gasteiger charge is 2.44. The average Bonchev–Trinajstić information content (AvgIpc) is 2.72. The highest BCUT2D eigenvalue weighted by molar-refractivity contribution is 5.69. The molecule has 1 amide bonds. The van der Waals surface area contributed by atoms with Crippen LogP contribution in [0.3, 0.4) is 0 Å². The number of carbonyl (C=O) groups is 1. The summed E-state index contributed by atoms with van der Waals surface area (Å²) in [6.45, 7) is 7.73. The number of nitrogens with zero attached hydrogens (tertiary/aromatic N) is 1. The van der Waals surface area contributed by atoms with Crippen molar-refractivity contribution in [2.45, 2.75) is 89.4 Å². The number of ether oxygens (including phenoxy) is 2. The van der Waals surface area contributed by atoms with Crippen LogP contribution in [0.5, 0.6) is 0 Å². The van der Waals surface area contributed by atoms with Crippen LogP contribution in [-0.4, -0.2) is 55.0 Å². The van der Waals surface area contributed by atoms with Crippen LogP contribution in [0, 0.1) is 0 Å². The third-order valence-corrected chi connectivity index (χ3v) is 4.80. The van der Waals surface area contributed by atoms with Gasteiger partial charge in [-0.25, -0.2) is 4.79 Å². The second-order valence-corrected chi connectivity index (χ2v) is 7.95. The Bertz CT molecular complexity index is 367. The van der Waals surface area contributed by atoms with Crippen molar-refractivity contribution in [1.29, 1.82) is 0 Å². The molecule has 0 aromatic heterocycles. The van der Waals surface area contributed by atoms with Gasteiger partial charge in [-0.05, 0) is 72.3 Å². The fourth-order valence-electron chi connectivity index (χ4n) is 3.81. The smallest absolute Gasteiger partial charge is 0.410 e. The maximum Gasteiger partial charge on any atom is 0.410 e. The van der Waals surface area contributed by atoms with Crippen LogP contribution in [0.25, 0.3) is 0 Å². The number of unbranched alkanes of at least 4 members (excludes halogenated alkanes) is 2. The van der Waals surface area contributed by atoms with Crippen molar-refractivity contribution in [1.82, 2.24) is 10.2 Å². The maximum absolute atomic E-state index is 12.4. The number of hydrogen-bond donors (Lipinski definition) is 1. The first-order valence-corrected chi connectivity index (χ1v) is 9.14. The van der Waals surface area contributed by atoms with Crippen LogP contribution in [0.15, 0.2) is 0 Å². The molecular formula is C18H34N2O3. The monoisotopic (exact) mass is 326 g/mol. The molecule has 2 aliphatic heterocycles. The van der Waals surface area contributed by atoms with Crippen molar-refractivity contribution < 1.29 is 14.3 Å². The molecule has 23 heavy (non-hydrogen) atoms. The third kappa shape index (κ3) is 5.64. The molecular weight excluding hydrogens is 292 g/mol. The molecule has 2 fully saturated rings. The van der Waals surface area contributed by atoms with Crippen molar-refractivity contribution in [2.24, 2.45) is 0 Å². The van der Waals surface area contributed by atoms with Gasteiger partial charge in [0.2, 0.25) is 0 Å². The van der Waals surface area contributed by atoms with E-state index in [-0.39, 0.29) is 6.09 Å². The van der Waals surface area contributed by atoms with E-state index < -0.39 is 5.60 Å². The predicted molar refractivity (Wildman–Crippen MR) is 91.6 cm³/mol. The molecule has 0 spiro atoms. The van der Waals surface area contributed by atoms with Gasteiger partial charge in [-0.1, -0.05) is 0 Å². The zero-order chi connectivity index (χ0) is 16.9. The lowest BCUT2D eigenvalue weighted by Gasteiger charge is -2.39. The number of methoxy groups -OCH3 is 1. The first kappa shape index (κ1) is 18.5. The molecule has 5 nitrogen and oxygen atoms in total. The molecule has 2 bridgehead atoms. The average molecular weight is 326 g/mol. The van der Waals surface area contributed by atoms with Crippen LogP contribution < -0.4 is 5.32 Å². The first-order valence-electron chi connectivity index (χ1n) is 9.14. The zero-order valence-corrected chi connectivity index (χ0v) is 15.3. The Labute approximate surface area is 141 Å². The van der Waals surface area contributed by atoms with Gasteiger partial charge in [0.15, 0.2) is 0 Å². The summed E-state index contributed by atoms with van der Waals surface area (Å²) in [7, 11) is 1.76. The van der Waals surface area contributed by atoms with Crippen molar-refractivity contribution in [3.63, 3.8) is 0 Å². The van der Waals surface area contributed by atoms with E-state index in [9.17, 15) is 4.79 Å². The normalized spacial score (nSPS) is 27.3. The Hall–Kier alpha value is -0.810. The number of fused-ring (bicyclic) bond motifs is 2. The Morgan fingerprint density at radius 3 is 2.35 bits per heavy atom. The number of piperidine rings is 1. The fourth-order valence-corrected chi connectivity index (χ4v) is 3.81. The molecule has 2 aliphatic rings. The molecule has 0 saturated carbocycles. The predicted octanol–water partition coefficient (Wildman–Crippen LogP) is 3.32. The SMILES string of the molecule is COCCCCCNC1CC2CCC(C1)N2C(=O)OC(C)(C)C. The van der Waals surface area contributed by atoms with Crippen LogP contribution in [0.1, 0.15) is 65.7 Å². The van der Waals surface area contributed by atoms with Crippen LogP contribution >= 0.6 is 0 Å². The fraction of sp³-hybridized carbons (Fsp3) is 0.944. The summed E-state index contributed by atoms with van der Waals surface area (Å²) >= 11 is 0. The maximum atomic E-state index is 12.4. The van der Waals surface area contributed by atoms with Crippen molar-refractivity contribution in [3.8, 4) is 0 Å². The molecule has 2 unspecified atom stereocenters. The first-order chi connectivity index (χ1) is 10.9. The molecule has 1 N–H and O–H groups in total. The van der Waals surface area contributed by atoms with Crippen molar-refractivity contribution >= 4 is 6.09 Å². The van der Waals surface area contributed by atoms with Gasteiger partial charge in [0, 0.05) is 31.8 Å². The summed E-state index contributed by atoms with van der Waals surface area (Å²) in [5, 5.41) is 3.69. The Balaban J connectivity index is 1.73. The molecule has 2 rings (SSSR count). The van der Waals surface area contributed by atoms with E-state index in [1.807, 2.05) is 25.7 Å². The molecule has 0 aromatic carbocycles. The number of nitrogens with one attached hydrogen (secondary N) is 1. The molecule has 2 heterocycles. The second-order valence-electron chi connectivity index (χ2n) is 7.95.